The molecule has 1 N–H and O–H groups in total. The molecule has 1 aromatic rings. The fourth-order valence-corrected chi connectivity index (χ4v) is 1.81. The van der Waals surface area contributed by atoms with Crippen molar-refractivity contribution in [2.45, 2.75) is 19.6 Å². The summed E-state index contributed by atoms with van der Waals surface area (Å²) in [4.78, 5) is 10.6. The SMILES string of the molecule is COCCNCc1ccc([N+](=O)[O-])c(OC(C)COC)c1. The highest BCUT2D eigenvalue weighted by Crippen LogP contribution is 2.29. The third-order valence-electron chi connectivity index (χ3n) is 2.76. The Labute approximate surface area is 124 Å². The molecule has 0 fully saturated rings. The second-order valence-corrected chi connectivity index (χ2v) is 4.61. The summed E-state index contributed by atoms with van der Waals surface area (Å²) in [6.07, 6.45) is -0.259. The zero-order chi connectivity index (χ0) is 15.7. The molecule has 0 saturated carbocycles. The van der Waals surface area contributed by atoms with Gasteiger partial charge in [-0.15, -0.1) is 0 Å². The van der Waals surface area contributed by atoms with Crippen LogP contribution in [0.15, 0.2) is 18.2 Å². The van der Waals surface area contributed by atoms with Crippen molar-refractivity contribution in [2.75, 3.05) is 34.0 Å². The van der Waals surface area contributed by atoms with Gasteiger partial charge in [0.2, 0.25) is 0 Å². The standard InChI is InChI=1S/C14H22N2O5/c1-11(10-20-3)21-14-8-12(9-15-6-7-19-2)4-5-13(14)16(17)18/h4-5,8,11,15H,6-7,9-10H2,1-3H3. The van der Waals surface area contributed by atoms with Gasteiger partial charge in [0.25, 0.3) is 0 Å². The van der Waals surface area contributed by atoms with Gasteiger partial charge in [0.15, 0.2) is 5.75 Å². The molecule has 0 radical (unpaired) electrons. The second-order valence-electron chi connectivity index (χ2n) is 4.61. The van der Waals surface area contributed by atoms with Crippen molar-refractivity contribution in [3.05, 3.63) is 33.9 Å². The molecule has 0 aliphatic heterocycles. The van der Waals surface area contributed by atoms with Crippen molar-refractivity contribution in [3.63, 3.8) is 0 Å². The van der Waals surface area contributed by atoms with E-state index in [0.29, 0.717) is 26.3 Å². The average Bonchev–Trinajstić information content (AvgIpc) is 2.43. The van der Waals surface area contributed by atoms with Gasteiger partial charge in [0.1, 0.15) is 6.10 Å². The van der Waals surface area contributed by atoms with E-state index in [9.17, 15) is 10.1 Å². The second kappa shape index (κ2) is 9.28. The summed E-state index contributed by atoms with van der Waals surface area (Å²) >= 11 is 0. The first-order valence-corrected chi connectivity index (χ1v) is 6.71. The lowest BCUT2D eigenvalue weighted by Crippen LogP contribution is -2.20. The van der Waals surface area contributed by atoms with Crippen molar-refractivity contribution in [3.8, 4) is 5.75 Å². The van der Waals surface area contributed by atoms with Gasteiger partial charge in [-0.2, -0.15) is 0 Å². The normalized spacial score (nSPS) is 12.1. The van der Waals surface area contributed by atoms with Gasteiger partial charge in [-0.05, 0) is 18.6 Å². The van der Waals surface area contributed by atoms with Crippen LogP contribution in [0.25, 0.3) is 0 Å². The highest BCUT2D eigenvalue weighted by molar-refractivity contribution is 5.48. The first kappa shape index (κ1) is 17.4. The van der Waals surface area contributed by atoms with Gasteiger partial charge in [-0.1, -0.05) is 6.07 Å². The predicted molar refractivity (Wildman–Crippen MR) is 78.6 cm³/mol. The average molecular weight is 298 g/mol. The minimum absolute atomic E-state index is 0.0430. The zero-order valence-corrected chi connectivity index (χ0v) is 12.6. The Morgan fingerprint density at radius 3 is 2.71 bits per heavy atom. The van der Waals surface area contributed by atoms with Crippen LogP contribution in [-0.4, -0.2) is 45.0 Å². The maximum absolute atomic E-state index is 11.0. The lowest BCUT2D eigenvalue weighted by molar-refractivity contribution is -0.386. The number of nitrogens with zero attached hydrogens (tertiary/aromatic N) is 1. The van der Waals surface area contributed by atoms with Crippen LogP contribution in [0.3, 0.4) is 0 Å². The minimum atomic E-state index is -0.447. The Morgan fingerprint density at radius 1 is 1.33 bits per heavy atom. The number of ether oxygens (including phenoxy) is 3. The molecule has 1 rings (SSSR count). The Kier molecular flexibility index (Phi) is 7.66. The molecule has 0 spiro atoms. The molecule has 0 aromatic heterocycles. The van der Waals surface area contributed by atoms with Crippen LogP contribution in [-0.2, 0) is 16.0 Å². The Balaban J connectivity index is 2.77. The molecule has 7 heteroatoms. The molecule has 1 aromatic carbocycles. The fourth-order valence-electron chi connectivity index (χ4n) is 1.81. The lowest BCUT2D eigenvalue weighted by Gasteiger charge is -2.14. The van der Waals surface area contributed by atoms with Crippen LogP contribution < -0.4 is 10.1 Å². The van der Waals surface area contributed by atoms with Crippen LogP contribution in [0.4, 0.5) is 5.69 Å². The quantitative estimate of drug-likeness (QED) is 0.402. The van der Waals surface area contributed by atoms with Crippen molar-refractivity contribution in [1.29, 1.82) is 0 Å². The molecule has 7 nitrogen and oxygen atoms in total. The van der Waals surface area contributed by atoms with Gasteiger partial charge < -0.3 is 19.5 Å². The summed E-state index contributed by atoms with van der Waals surface area (Å²) in [5.74, 6) is 0.260. The molecule has 0 heterocycles. The molecule has 1 unspecified atom stereocenters. The van der Waals surface area contributed by atoms with Crippen LogP contribution in [0, 0.1) is 10.1 Å². The highest BCUT2D eigenvalue weighted by atomic mass is 16.6. The monoisotopic (exact) mass is 298 g/mol. The molecule has 0 aliphatic carbocycles. The first-order chi connectivity index (χ1) is 10.1. The zero-order valence-electron chi connectivity index (χ0n) is 12.6. The number of hydrogen-bond donors (Lipinski definition) is 1. The molecular weight excluding hydrogens is 276 g/mol. The maximum atomic E-state index is 11.0. The van der Waals surface area contributed by atoms with E-state index in [4.69, 9.17) is 14.2 Å². The van der Waals surface area contributed by atoms with Crippen LogP contribution in [0.2, 0.25) is 0 Å². The predicted octanol–water partition coefficient (Wildman–Crippen LogP) is 1.74. The van der Waals surface area contributed by atoms with E-state index < -0.39 is 4.92 Å². The van der Waals surface area contributed by atoms with E-state index in [1.807, 2.05) is 0 Å². The van der Waals surface area contributed by atoms with E-state index in [1.54, 1.807) is 33.3 Å². The summed E-state index contributed by atoms with van der Waals surface area (Å²) in [7, 11) is 3.20. The van der Waals surface area contributed by atoms with E-state index in [2.05, 4.69) is 5.32 Å². The Hall–Kier alpha value is -1.70. The fraction of sp³-hybridized carbons (Fsp3) is 0.571. The molecule has 0 saturated heterocycles. The molecule has 0 amide bonds. The minimum Gasteiger partial charge on any atom is -0.481 e. The molecule has 21 heavy (non-hydrogen) atoms. The van der Waals surface area contributed by atoms with Gasteiger partial charge in [-0.3, -0.25) is 10.1 Å². The van der Waals surface area contributed by atoms with Crippen LogP contribution >= 0.6 is 0 Å². The van der Waals surface area contributed by atoms with Crippen molar-refractivity contribution in [1.82, 2.24) is 5.32 Å². The van der Waals surface area contributed by atoms with E-state index in [1.165, 1.54) is 6.07 Å². The number of rotatable bonds is 10. The first-order valence-electron chi connectivity index (χ1n) is 6.71. The lowest BCUT2D eigenvalue weighted by atomic mass is 10.2. The number of nitro benzene ring substituents is 1. The molecular formula is C14H22N2O5. The van der Waals surface area contributed by atoms with Crippen LogP contribution in [0.1, 0.15) is 12.5 Å². The Morgan fingerprint density at radius 2 is 2.10 bits per heavy atom. The number of benzene rings is 1. The van der Waals surface area contributed by atoms with Gasteiger partial charge in [0, 0.05) is 33.4 Å². The van der Waals surface area contributed by atoms with E-state index >= 15 is 0 Å². The summed E-state index contributed by atoms with van der Waals surface area (Å²) in [5.41, 5.74) is 0.870. The topological polar surface area (TPSA) is 82.9 Å². The van der Waals surface area contributed by atoms with Crippen molar-refractivity contribution >= 4 is 5.69 Å². The van der Waals surface area contributed by atoms with Crippen molar-refractivity contribution < 1.29 is 19.1 Å². The number of hydrogen-bond acceptors (Lipinski definition) is 6. The summed E-state index contributed by atoms with van der Waals surface area (Å²) in [5, 5.41) is 14.2. The van der Waals surface area contributed by atoms with Gasteiger partial charge in [0.05, 0.1) is 18.1 Å². The maximum Gasteiger partial charge on any atom is 0.310 e. The highest BCUT2D eigenvalue weighted by Gasteiger charge is 2.17. The molecule has 118 valence electrons. The third kappa shape index (κ3) is 6.07. The summed E-state index contributed by atoms with van der Waals surface area (Å²) in [6, 6.07) is 4.86. The summed E-state index contributed by atoms with van der Waals surface area (Å²) in [6.45, 7) is 4.09. The number of methoxy groups -OCH3 is 2. The molecule has 0 bridgehead atoms. The largest absolute Gasteiger partial charge is 0.481 e. The van der Waals surface area contributed by atoms with Crippen molar-refractivity contribution in [2.24, 2.45) is 0 Å². The summed E-state index contributed by atoms with van der Waals surface area (Å²) < 4.78 is 15.5. The van der Waals surface area contributed by atoms with E-state index in [0.717, 1.165) is 5.56 Å². The van der Waals surface area contributed by atoms with Gasteiger partial charge >= 0.3 is 5.69 Å². The van der Waals surface area contributed by atoms with Crippen LogP contribution in [0.5, 0.6) is 5.75 Å². The third-order valence-corrected chi connectivity index (χ3v) is 2.76. The number of nitrogens with one attached hydrogen (secondary N) is 1. The smallest absolute Gasteiger partial charge is 0.310 e. The Bertz CT molecular complexity index is 453. The number of nitro groups is 1. The molecule has 0 aliphatic rings. The molecule has 1 atom stereocenters. The van der Waals surface area contributed by atoms with E-state index in [-0.39, 0.29) is 17.5 Å². The van der Waals surface area contributed by atoms with Gasteiger partial charge in [-0.25, -0.2) is 0 Å².